The molecule has 0 radical (unpaired) electrons. The third kappa shape index (κ3) is 2.29. The predicted molar refractivity (Wildman–Crippen MR) is 105 cm³/mol. The lowest BCUT2D eigenvalue weighted by Gasteiger charge is -2.18. The van der Waals surface area contributed by atoms with Crippen molar-refractivity contribution in [3.05, 3.63) is 107 Å². The van der Waals surface area contributed by atoms with Crippen LogP contribution in [0.4, 0.5) is 0 Å². The highest BCUT2D eigenvalue weighted by Gasteiger charge is 2.38. The van der Waals surface area contributed by atoms with E-state index in [1.807, 2.05) is 78.9 Å². The minimum absolute atomic E-state index is 0.125. The summed E-state index contributed by atoms with van der Waals surface area (Å²) >= 11 is 0. The number of para-hydroxylation sites is 1. The highest BCUT2D eigenvalue weighted by Crippen LogP contribution is 2.41. The molecule has 0 bridgehead atoms. The molecule has 128 valence electrons. The van der Waals surface area contributed by atoms with Gasteiger partial charge in [0.1, 0.15) is 5.58 Å². The summed E-state index contributed by atoms with van der Waals surface area (Å²) in [5.41, 5.74) is 3.15. The van der Waals surface area contributed by atoms with Gasteiger partial charge in [-0.3, -0.25) is 9.59 Å². The zero-order chi connectivity index (χ0) is 18.4. The average Bonchev–Trinajstić information content (AvgIpc) is 3.12. The first-order valence-electron chi connectivity index (χ1n) is 8.72. The van der Waals surface area contributed by atoms with Crippen molar-refractivity contribution in [2.45, 2.75) is 0 Å². The molecule has 0 saturated carbocycles. The summed E-state index contributed by atoms with van der Waals surface area (Å²) in [6.07, 6.45) is 0. The molecule has 1 aliphatic carbocycles. The molecule has 0 atom stereocenters. The molecule has 1 aromatic heterocycles. The third-order valence-corrected chi connectivity index (χ3v) is 4.86. The van der Waals surface area contributed by atoms with Gasteiger partial charge in [-0.25, -0.2) is 0 Å². The van der Waals surface area contributed by atoms with Gasteiger partial charge in [0.2, 0.25) is 5.78 Å². The molecule has 4 aromatic rings. The number of carbonyl (C=O) groups excluding carboxylic acids is 2. The molecule has 3 aromatic carbocycles. The Labute approximate surface area is 155 Å². The fourth-order valence-electron chi connectivity index (χ4n) is 3.66. The number of benzene rings is 3. The van der Waals surface area contributed by atoms with Crippen LogP contribution < -0.4 is 0 Å². The zero-order valence-corrected chi connectivity index (χ0v) is 14.3. The summed E-state index contributed by atoms with van der Waals surface area (Å²) in [6, 6.07) is 25.9. The van der Waals surface area contributed by atoms with Gasteiger partial charge in [0.15, 0.2) is 11.5 Å². The van der Waals surface area contributed by atoms with Crippen molar-refractivity contribution in [1.29, 1.82) is 0 Å². The highest BCUT2D eigenvalue weighted by atomic mass is 16.3. The van der Waals surface area contributed by atoms with Gasteiger partial charge in [0.25, 0.3) is 0 Å². The molecular formula is C24H14O3. The van der Waals surface area contributed by atoms with E-state index in [2.05, 4.69) is 0 Å². The number of Topliss-reactive ketones (excluding diaryl/α,β-unsaturated/α-hetero) is 2. The van der Waals surface area contributed by atoms with Crippen molar-refractivity contribution >= 4 is 33.7 Å². The lowest BCUT2D eigenvalue weighted by atomic mass is 9.81. The monoisotopic (exact) mass is 350 g/mol. The molecule has 3 nitrogen and oxygen atoms in total. The van der Waals surface area contributed by atoms with Gasteiger partial charge in [0.05, 0.1) is 5.56 Å². The van der Waals surface area contributed by atoms with Crippen LogP contribution in [0.25, 0.3) is 22.1 Å². The second-order valence-corrected chi connectivity index (χ2v) is 6.44. The number of fused-ring (bicyclic) bond motifs is 3. The second kappa shape index (κ2) is 5.92. The summed E-state index contributed by atoms with van der Waals surface area (Å²) in [7, 11) is 0. The van der Waals surface area contributed by atoms with E-state index in [0.29, 0.717) is 33.2 Å². The van der Waals surface area contributed by atoms with E-state index in [9.17, 15) is 9.59 Å². The van der Waals surface area contributed by atoms with Gasteiger partial charge in [0, 0.05) is 16.5 Å². The van der Waals surface area contributed by atoms with Crippen molar-refractivity contribution in [1.82, 2.24) is 0 Å². The summed E-state index contributed by atoms with van der Waals surface area (Å²) in [5.74, 6) is -0.315. The minimum Gasteiger partial charge on any atom is -0.452 e. The Hall–Kier alpha value is -3.72. The Morgan fingerprint density at radius 2 is 1.07 bits per heavy atom. The van der Waals surface area contributed by atoms with Crippen molar-refractivity contribution < 1.29 is 14.0 Å². The second-order valence-electron chi connectivity index (χ2n) is 6.44. The van der Waals surface area contributed by atoms with Crippen molar-refractivity contribution in [3.63, 3.8) is 0 Å². The van der Waals surface area contributed by atoms with E-state index in [1.54, 1.807) is 6.07 Å². The number of rotatable bonds is 2. The van der Waals surface area contributed by atoms with Gasteiger partial charge < -0.3 is 4.42 Å². The number of furan rings is 1. The molecule has 0 aliphatic heterocycles. The fourth-order valence-corrected chi connectivity index (χ4v) is 3.66. The molecule has 0 spiro atoms. The Morgan fingerprint density at radius 3 is 1.70 bits per heavy atom. The maximum absolute atomic E-state index is 13.6. The van der Waals surface area contributed by atoms with Crippen LogP contribution in [0.2, 0.25) is 0 Å². The molecule has 0 fully saturated rings. The first-order valence-corrected chi connectivity index (χ1v) is 8.72. The average molecular weight is 350 g/mol. The van der Waals surface area contributed by atoms with Crippen LogP contribution >= 0.6 is 0 Å². The number of ketones is 2. The molecular weight excluding hydrogens is 336 g/mol. The van der Waals surface area contributed by atoms with E-state index in [0.717, 1.165) is 5.56 Å². The smallest absolute Gasteiger partial charge is 0.230 e. The first kappa shape index (κ1) is 15.5. The normalized spacial score (nSPS) is 13.9. The van der Waals surface area contributed by atoms with Crippen LogP contribution in [-0.2, 0) is 0 Å². The molecule has 0 saturated heterocycles. The number of allylic oxidation sites excluding steroid dienone is 2. The van der Waals surface area contributed by atoms with E-state index in [4.69, 9.17) is 4.42 Å². The predicted octanol–water partition coefficient (Wildman–Crippen LogP) is 5.42. The van der Waals surface area contributed by atoms with Crippen LogP contribution in [0.15, 0.2) is 89.3 Å². The maximum Gasteiger partial charge on any atom is 0.230 e. The van der Waals surface area contributed by atoms with E-state index in [1.165, 1.54) is 0 Å². The Balaban J connectivity index is 1.87. The van der Waals surface area contributed by atoms with Crippen molar-refractivity contribution in [2.24, 2.45) is 0 Å². The van der Waals surface area contributed by atoms with E-state index >= 15 is 0 Å². The molecule has 1 aliphatic rings. The highest BCUT2D eigenvalue weighted by molar-refractivity contribution is 6.52. The van der Waals surface area contributed by atoms with Crippen molar-refractivity contribution in [3.8, 4) is 0 Å². The van der Waals surface area contributed by atoms with Crippen LogP contribution in [0.3, 0.4) is 0 Å². The van der Waals surface area contributed by atoms with Gasteiger partial charge in [-0.1, -0.05) is 78.9 Å². The SMILES string of the molecule is O=C1C(c2ccccc2)=C(c2ccccc2)C(=O)c2c1oc1ccccc21. The topological polar surface area (TPSA) is 47.3 Å². The van der Waals surface area contributed by atoms with Gasteiger partial charge in [-0.05, 0) is 17.2 Å². The van der Waals surface area contributed by atoms with Crippen LogP contribution in [0.1, 0.15) is 32.0 Å². The van der Waals surface area contributed by atoms with Crippen LogP contribution in [0, 0.1) is 0 Å². The van der Waals surface area contributed by atoms with Crippen LogP contribution in [0.5, 0.6) is 0 Å². The van der Waals surface area contributed by atoms with Gasteiger partial charge >= 0.3 is 0 Å². The summed E-state index contributed by atoms with van der Waals surface area (Å²) in [6.45, 7) is 0. The zero-order valence-electron chi connectivity index (χ0n) is 14.3. The van der Waals surface area contributed by atoms with Gasteiger partial charge in [-0.2, -0.15) is 0 Å². The molecule has 27 heavy (non-hydrogen) atoms. The fraction of sp³-hybridized carbons (Fsp3) is 0. The molecule has 0 N–H and O–H groups in total. The summed E-state index contributed by atoms with van der Waals surface area (Å²) < 4.78 is 5.80. The van der Waals surface area contributed by atoms with E-state index in [-0.39, 0.29) is 17.3 Å². The molecule has 1 heterocycles. The summed E-state index contributed by atoms with van der Waals surface area (Å²) in [5, 5.41) is 0.673. The molecule has 0 unspecified atom stereocenters. The van der Waals surface area contributed by atoms with Crippen molar-refractivity contribution in [2.75, 3.05) is 0 Å². The number of carbonyl (C=O) groups is 2. The van der Waals surface area contributed by atoms with Gasteiger partial charge in [-0.15, -0.1) is 0 Å². The molecule has 5 rings (SSSR count). The Bertz CT molecular complexity index is 1230. The van der Waals surface area contributed by atoms with E-state index < -0.39 is 0 Å². The summed E-state index contributed by atoms with van der Waals surface area (Å²) in [4.78, 5) is 27.0. The Morgan fingerprint density at radius 1 is 0.556 bits per heavy atom. The Kier molecular flexibility index (Phi) is 3.41. The lowest BCUT2D eigenvalue weighted by Crippen LogP contribution is -2.19. The van der Waals surface area contributed by atoms with Crippen LogP contribution in [-0.4, -0.2) is 11.6 Å². The molecule has 3 heteroatoms. The number of hydrogen-bond acceptors (Lipinski definition) is 3. The molecule has 0 amide bonds. The largest absolute Gasteiger partial charge is 0.452 e. The number of hydrogen-bond donors (Lipinski definition) is 0. The standard InChI is InChI=1S/C24H14O3/c25-22-19(15-9-3-1-4-10-15)20(16-11-5-2-6-12-16)23(26)24-21(22)17-13-7-8-14-18(17)27-24/h1-14H. The quantitative estimate of drug-likeness (QED) is 0.485. The maximum atomic E-state index is 13.6. The first-order chi connectivity index (χ1) is 13.3. The minimum atomic E-state index is -0.258. The lowest BCUT2D eigenvalue weighted by molar-refractivity contribution is 0.0992. The third-order valence-electron chi connectivity index (χ3n) is 4.86.